The number of halogens is 2. The van der Waals surface area contributed by atoms with Crippen LogP contribution in [0.2, 0.25) is 5.02 Å². The summed E-state index contributed by atoms with van der Waals surface area (Å²) < 4.78 is 28.4. The number of ether oxygens (including phenoxy) is 2. The lowest BCUT2D eigenvalue weighted by Crippen LogP contribution is -2.30. The number of hydrogen-bond donors (Lipinski definition) is 2. The summed E-state index contributed by atoms with van der Waals surface area (Å²) in [7, 11) is 1.93. The smallest absolute Gasteiger partial charge is 0.214 e. The highest BCUT2D eigenvalue weighted by Gasteiger charge is 2.21. The van der Waals surface area contributed by atoms with E-state index in [1.807, 2.05) is 26.1 Å². The normalized spacial score (nSPS) is 13.7. The molecule has 6 aromatic rings. The number of pyridine rings is 1. The monoisotopic (exact) mass is 771 g/mol. The van der Waals surface area contributed by atoms with Gasteiger partial charge in [0.2, 0.25) is 5.88 Å². The van der Waals surface area contributed by atoms with Crippen LogP contribution >= 0.6 is 23.4 Å². The van der Waals surface area contributed by atoms with Crippen LogP contribution in [0.3, 0.4) is 0 Å². The largest absolute Gasteiger partial charge is 0.473 e. The lowest BCUT2D eigenvalue weighted by molar-refractivity contribution is 0.101. The van der Waals surface area contributed by atoms with Crippen molar-refractivity contribution >= 4 is 63.1 Å². The molecule has 0 amide bonds. The second kappa shape index (κ2) is 18.4. The molecule has 0 fully saturated rings. The van der Waals surface area contributed by atoms with Crippen molar-refractivity contribution in [3.05, 3.63) is 106 Å². The fourth-order valence-electron chi connectivity index (χ4n) is 5.98. The van der Waals surface area contributed by atoms with Gasteiger partial charge in [-0.25, -0.2) is 24.3 Å². The Kier molecular flexibility index (Phi) is 13.3. The van der Waals surface area contributed by atoms with Crippen LogP contribution in [0, 0.1) is 12.7 Å². The molecule has 5 heterocycles. The fourth-order valence-corrected chi connectivity index (χ4v) is 6.67. The van der Waals surface area contributed by atoms with Gasteiger partial charge in [0.25, 0.3) is 0 Å². The molecule has 282 valence electrons. The Balaban J connectivity index is 0.000000349. The number of H-pyrrole nitrogens is 1. The molecule has 1 atom stereocenters. The Hall–Kier alpha value is -4.89. The summed E-state index contributed by atoms with van der Waals surface area (Å²) >= 11 is 7.59. The van der Waals surface area contributed by atoms with E-state index in [4.69, 9.17) is 31.0 Å². The van der Waals surface area contributed by atoms with Crippen LogP contribution in [0.4, 0.5) is 10.1 Å². The minimum absolute atomic E-state index is 0.0645. The van der Waals surface area contributed by atoms with Gasteiger partial charge >= 0.3 is 0 Å². The van der Waals surface area contributed by atoms with Gasteiger partial charge in [-0.05, 0) is 68.0 Å². The third kappa shape index (κ3) is 9.61. The number of aldehydes is 1. The zero-order chi connectivity index (χ0) is 38.0. The van der Waals surface area contributed by atoms with Crippen LogP contribution in [0.1, 0.15) is 53.0 Å². The van der Waals surface area contributed by atoms with Crippen LogP contribution in [0.25, 0.3) is 27.8 Å². The van der Waals surface area contributed by atoms with E-state index in [1.165, 1.54) is 17.8 Å². The number of hydrogen-bond acceptors (Lipinski definition) is 11. The maximum atomic E-state index is 14.2. The number of rotatable bonds is 14. The first-order chi connectivity index (χ1) is 26.3. The molecular formula is C39H43ClFN9O3S. The number of anilines is 1. The van der Waals surface area contributed by atoms with Crippen molar-refractivity contribution in [3.8, 4) is 5.88 Å². The zero-order valence-corrected chi connectivity index (χ0v) is 32.3. The molecule has 2 N–H and O–H groups in total. The molecule has 0 saturated heterocycles. The van der Waals surface area contributed by atoms with E-state index in [0.717, 1.165) is 79.6 Å². The molecule has 12 nitrogen and oxygen atoms in total. The van der Waals surface area contributed by atoms with Gasteiger partial charge in [-0.15, -0.1) is 11.8 Å². The van der Waals surface area contributed by atoms with Crippen molar-refractivity contribution in [2.24, 2.45) is 0 Å². The molecule has 1 aliphatic heterocycles. The van der Waals surface area contributed by atoms with Gasteiger partial charge in [0.15, 0.2) is 11.9 Å². The minimum Gasteiger partial charge on any atom is -0.473 e. The minimum atomic E-state index is -0.387. The van der Waals surface area contributed by atoms with E-state index in [9.17, 15) is 9.18 Å². The van der Waals surface area contributed by atoms with Crippen LogP contribution in [-0.2, 0) is 24.4 Å². The van der Waals surface area contributed by atoms with Crippen molar-refractivity contribution in [1.82, 2.24) is 39.6 Å². The van der Waals surface area contributed by atoms with Gasteiger partial charge in [-0.1, -0.05) is 36.7 Å². The Morgan fingerprint density at radius 1 is 1.15 bits per heavy atom. The van der Waals surface area contributed by atoms with Gasteiger partial charge in [0.05, 0.1) is 41.7 Å². The summed E-state index contributed by atoms with van der Waals surface area (Å²) in [6, 6.07) is 16.6. The molecule has 54 heavy (non-hydrogen) atoms. The molecule has 15 heteroatoms. The number of imidazole rings is 1. The number of aromatic amines is 1. The highest BCUT2D eigenvalue weighted by molar-refractivity contribution is 7.99. The Bertz CT molecular complexity index is 2240. The van der Waals surface area contributed by atoms with E-state index >= 15 is 0 Å². The number of thioether (sulfide) groups is 1. The predicted molar refractivity (Wildman–Crippen MR) is 212 cm³/mol. The first-order valence-corrected chi connectivity index (χ1v) is 19.3. The van der Waals surface area contributed by atoms with E-state index < -0.39 is 0 Å². The number of nitrogens with zero attached hydrogens (tertiary/aromatic N) is 7. The molecule has 7 rings (SSSR count). The number of aromatic nitrogens is 7. The van der Waals surface area contributed by atoms with Gasteiger partial charge < -0.3 is 19.4 Å². The molecular weight excluding hydrogens is 729 g/mol. The second-order valence-electron chi connectivity index (χ2n) is 12.7. The van der Waals surface area contributed by atoms with Gasteiger partial charge in [0, 0.05) is 49.1 Å². The highest BCUT2D eigenvalue weighted by Crippen LogP contribution is 2.27. The molecule has 1 unspecified atom stereocenters. The third-order valence-electron chi connectivity index (χ3n) is 8.90. The summed E-state index contributed by atoms with van der Waals surface area (Å²) in [5.41, 5.74) is 8.05. The molecule has 4 aromatic heterocycles. The molecule has 0 aliphatic carbocycles. The van der Waals surface area contributed by atoms with Crippen molar-refractivity contribution in [1.29, 1.82) is 0 Å². The van der Waals surface area contributed by atoms with Crippen molar-refractivity contribution in [2.45, 2.75) is 51.8 Å². The number of carbonyl (C=O) groups excluding carboxylic acids is 1. The Labute approximate surface area is 322 Å². The molecule has 1 aliphatic rings. The maximum absolute atomic E-state index is 14.2. The molecule has 0 saturated carbocycles. The average molecular weight is 772 g/mol. The average Bonchev–Trinajstić information content (AvgIpc) is 3.74. The summed E-state index contributed by atoms with van der Waals surface area (Å²) in [6.45, 7) is 7.97. The molecule has 0 spiro atoms. The quantitative estimate of drug-likeness (QED) is 0.0832. The van der Waals surface area contributed by atoms with E-state index in [-0.39, 0.29) is 17.9 Å². The fraction of sp³-hybridized carbons (Fsp3) is 0.333. The van der Waals surface area contributed by atoms with Crippen molar-refractivity contribution in [3.63, 3.8) is 0 Å². The Morgan fingerprint density at radius 2 is 2.02 bits per heavy atom. The van der Waals surface area contributed by atoms with Crippen LogP contribution in [0.15, 0.2) is 66.9 Å². The number of benzene rings is 2. The number of nitrogens with one attached hydrogen (secondary N) is 2. The topological polar surface area (TPSA) is 136 Å². The lowest BCUT2D eigenvalue weighted by Gasteiger charge is -2.26. The second-order valence-corrected chi connectivity index (χ2v) is 14.1. The van der Waals surface area contributed by atoms with Gasteiger partial charge in [-0.2, -0.15) is 5.10 Å². The SMILES string of the molecule is CCCOC(Cn1c(CN2CC=C(c3cccc(OCc4ccc(Cl)cc4F)n3)CC2)nc2cc(NC)ccc21)SC.Cc1[nH]nc2ncc(C=O)nc12. The first kappa shape index (κ1) is 38.8. The maximum Gasteiger partial charge on any atom is 0.214 e. The highest BCUT2D eigenvalue weighted by atomic mass is 35.5. The van der Waals surface area contributed by atoms with Gasteiger partial charge in [-0.3, -0.25) is 14.8 Å². The van der Waals surface area contributed by atoms with Crippen molar-refractivity contribution in [2.75, 3.05) is 38.3 Å². The Morgan fingerprint density at radius 3 is 2.76 bits per heavy atom. The number of carbonyl (C=O) groups is 1. The summed E-state index contributed by atoms with van der Waals surface area (Å²) in [5, 5.41) is 10.2. The van der Waals surface area contributed by atoms with E-state index in [1.54, 1.807) is 30.0 Å². The summed E-state index contributed by atoms with van der Waals surface area (Å²) in [5.74, 6) is 1.12. The van der Waals surface area contributed by atoms with E-state index in [0.29, 0.717) is 39.6 Å². The lowest BCUT2D eigenvalue weighted by atomic mass is 10.0. The van der Waals surface area contributed by atoms with E-state index in [2.05, 4.69) is 72.4 Å². The summed E-state index contributed by atoms with van der Waals surface area (Å²) in [6.07, 6.45) is 8.25. The van der Waals surface area contributed by atoms with Crippen LogP contribution < -0.4 is 10.1 Å². The standard InChI is InChI=1S/C32H37ClFN5O2S.C7H6N4O/c1-4-16-40-32(42-3)20-39-29-11-10-25(35-2)18-28(29)36-30(39)19-38-14-12-22(13-15-38)27-6-5-7-31(37-27)41-21-23-8-9-24(33)17-26(23)34;1-4-6-7(11-10-4)8-2-5(3-12)9-6/h5-12,17-18,32,35H,4,13-16,19-21H2,1-3H3;2-3H,1H3,(H,8,10,11). The summed E-state index contributed by atoms with van der Waals surface area (Å²) in [4.78, 5) is 30.5. The predicted octanol–water partition coefficient (Wildman–Crippen LogP) is 7.72. The van der Waals surface area contributed by atoms with Crippen LogP contribution in [0.5, 0.6) is 5.88 Å². The molecule has 0 radical (unpaired) electrons. The third-order valence-corrected chi connectivity index (χ3v) is 9.94. The molecule has 0 bridgehead atoms. The zero-order valence-electron chi connectivity index (χ0n) is 30.7. The van der Waals surface area contributed by atoms with Crippen molar-refractivity contribution < 1.29 is 18.7 Å². The first-order valence-electron chi connectivity index (χ1n) is 17.7. The number of aryl methyl sites for hydroxylation is 1. The molecule has 2 aromatic carbocycles. The van der Waals surface area contributed by atoms with Gasteiger partial charge in [0.1, 0.15) is 34.9 Å². The van der Waals surface area contributed by atoms with Crippen LogP contribution in [-0.4, -0.2) is 84.3 Å². The number of fused-ring (bicyclic) bond motifs is 2.